The molecule has 110 valence electrons. The maximum Gasteiger partial charge on any atom is 0.255 e. The molecule has 0 radical (unpaired) electrons. The van der Waals surface area contributed by atoms with Crippen molar-refractivity contribution < 1.29 is 9.53 Å². The zero-order valence-electron chi connectivity index (χ0n) is 12.3. The monoisotopic (exact) mass is 303 g/mol. The summed E-state index contributed by atoms with van der Waals surface area (Å²) >= 11 is 5.90. The zero-order chi connectivity index (χ0) is 15.4. The minimum atomic E-state index is -0.156. The number of carbonyl (C=O) groups is 1. The third-order valence-corrected chi connectivity index (χ3v) is 3.16. The fraction of sp³-hybridized carbons (Fsp3) is 0.235. The third kappa shape index (κ3) is 4.23. The van der Waals surface area contributed by atoms with Crippen LogP contribution in [0.5, 0.6) is 5.75 Å². The summed E-state index contributed by atoms with van der Waals surface area (Å²) in [6, 6.07) is 12.5. The number of hydrogen-bond donors (Lipinski definition) is 1. The molecule has 0 aromatic heterocycles. The van der Waals surface area contributed by atoms with E-state index in [1.807, 2.05) is 26.8 Å². The van der Waals surface area contributed by atoms with Crippen molar-refractivity contribution in [2.24, 2.45) is 0 Å². The van der Waals surface area contributed by atoms with E-state index in [2.05, 4.69) is 5.32 Å². The molecule has 0 spiro atoms. The lowest BCUT2D eigenvalue weighted by Crippen LogP contribution is -2.13. The van der Waals surface area contributed by atoms with Crippen LogP contribution in [0.2, 0.25) is 5.02 Å². The van der Waals surface area contributed by atoms with Crippen molar-refractivity contribution >= 4 is 23.2 Å². The molecule has 1 N–H and O–H groups in total. The summed E-state index contributed by atoms with van der Waals surface area (Å²) in [5.74, 6) is 0.598. The number of ether oxygens (including phenoxy) is 1. The number of anilines is 1. The molecule has 0 unspecified atom stereocenters. The quantitative estimate of drug-likeness (QED) is 0.890. The van der Waals surface area contributed by atoms with Gasteiger partial charge in [0, 0.05) is 16.3 Å². The van der Waals surface area contributed by atoms with E-state index >= 15 is 0 Å². The number of carbonyl (C=O) groups excluding carboxylic acids is 1. The van der Waals surface area contributed by atoms with Crippen LogP contribution in [0.1, 0.15) is 29.8 Å². The van der Waals surface area contributed by atoms with E-state index in [9.17, 15) is 4.79 Å². The Bertz CT molecular complexity index is 636. The molecule has 4 heteroatoms. The number of benzene rings is 2. The fourth-order valence-corrected chi connectivity index (χ4v) is 2.15. The molecular formula is C17H18ClNO2. The Labute approximate surface area is 129 Å². The lowest BCUT2D eigenvalue weighted by molar-refractivity contribution is 0.102. The van der Waals surface area contributed by atoms with Crippen LogP contribution in [0.3, 0.4) is 0 Å². The van der Waals surface area contributed by atoms with Gasteiger partial charge in [0.05, 0.1) is 6.10 Å². The predicted molar refractivity (Wildman–Crippen MR) is 86.3 cm³/mol. The summed E-state index contributed by atoms with van der Waals surface area (Å²) in [6.45, 7) is 5.83. The van der Waals surface area contributed by atoms with Gasteiger partial charge in [-0.25, -0.2) is 0 Å². The van der Waals surface area contributed by atoms with Crippen molar-refractivity contribution in [2.45, 2.75) is 26.9 Å². The van der Waals surface area contributed by atoms with Gasteiger partial charge in [0.1, 0.15) is 5.75 Å². The summed E-state index contributed by atoms with van der Waals surface area (Å²) < 4.78 is 5.55. The third-order valence-electron chi connectivity index (χ3n) is 2.92. The highest BCUT2D eigenvalue weighted by atomic mass is 35.5. The molecule has 0 aliphatic carbocycles. The molecule has 0 aliphatic rings. The molecule has 0 saturated carbocycles. The topological polar surface area (TPSA) is 38.3 Å². The molecule has 21 heavy (non-hydrogen) atoms. The van der Waals surface area contributed by atoms with Crippen LogP contribution in [-0.2, 0) is 0 Å². The Hall–Kier alpha value is -2.00. The summed E-state index contributed by atoms with van der Waals surface area (Å²) in [5, 5.41) is 3.53. The predicted octanol–water partition coefficient (Wildman–Crippen LogP) is 4.69. The molecule has 0 bridgehead atoms. The van der Waals surface area contributed by atoms with Crippen LogP contribution < -0.4 is 10.1 Å². The number of halogens is 1. The lowest BCUT2D eigenvalue weighted by Gasteiger charge is -2.11. The smallest absolute Gasteiger partial charge is 0.255 e. The fourth-order valence-electron chi connectivity index (χ4n) is 1.92. The van der Waals surface area contributed by atoms with Crippen LogP contribution in [0.4, 0.5) is 5.69 Å². The molecule has 0 aliphatic heterocycles. The van der Waals surface area contributed by atoms with Crippen molar-refractivity contribution in [1.82, 2.24) is 0 Å². The average molecular weight is 304 g/mol. The molecule has 0 atom stereocenters. The molecule has 3 nitrogen and oxygen atoms in total. The maximum absolute atomic E-state index is 12.2. The Morgan fingerprint density at radius 1 is 1.14 bits per heavy atom. The first-order valence-electron chi connectivity index (χ1n) is 6.80. The van der Waals surface area contributed by atoms with Crippen LogP contribution >= 0.6 is 11.6 Å². The van der Waals surface area contributed by atoms with Gasteiger partial charge in [-0.05, 0) is 68.8 Å². The minimum Gasteiger partial charge on any atom is -0.491 e. The molecule has 0 fully saturated rings. The molecule has 2 rings (SSSR count). The molecule has 2 aromatic carbocycles. The summed E-state index contributed by atoms with van der Waals surface area (Å²) in [7, 11) is 0. The highest BCUT2D eigenvalue weighted by molar-refractivity contribution is 6.30. The van der Waals surface area contributed by atoms with Crippen LogP contribution in [0.15, 0.2) is 42.5 Å². The normalized spacial score (nSPS) is 10.5. The molecule has 0 saturated heterocycles. The highest BCUT2D eigenvalue weighted by Gasteiger charge is 2.08. The van der Waals surface area contributed by atoms with E-state index in [0.29, 0.717) is 10.6 Å². The van der Waals surface area contributed by atoms with E-state index in [1.54, 1.807) is 36.4 Å². The van der Waals surface area contributed by atoms with Crippen LogP contribution in [-0.4, -0.2) is 12.0 Å². The Kier molecular flexibility index (Phi) is 4.86. The lowest BCUT2D eigenvalue weighted by atomic mass is 10.1. The Morgan fingerprint density at radius 3 is 2.38 bits per heavy atom. The molecular weight excluding hydrogens is 286 g/mol. The van der Waals surface area contributed by atoms with Crippen molar-refractivity contribution in [3.05, 3.63) is 58.6 Å². The van der Waals surface area contributed by atoms with Gasteiger partial charge >= 0.3 is 0 Å². The van der Waals surface area contributed by atoms with Gasteiger partial charge in [-0.15, -0.1) is 0 Å². The SMILES string of the molecule is Cc1cc(Cl)ccc1NC(=O)c1ccc(OC(C)C)cc1. The van der Waals surface area contributed by atoms with Crippen molar-refractivity contribution in [3.63, 3.8) is 0 Å². The van der Waals surface area contributed by atoms with Gasteiger partial charge in [-0.2, -0.15) is 0 Å². The number of hydrogen-bond acceptors (Lipinski definition) is 2. The van der Waals surface area contributed by atoms with Crippen molar-refractivity contribution in [2.75, 3.05) is 5.32 Å². The van der Waals surface area contributed by atoms with E-state index in [1.165, 1.54) is 0 Å². The summed E-state index contributed by atoms with van der Waals surface area (Å²) in [4.78, 5) is 12.2. The van der Waals surface area contributed by atoms with E-state index in [-0.39, 0.29) is 12.0 Å². The van der Waals surface area contributed by atoms with E-state index in [0.717, 1.165) is 17.0 Å². The standard InChI is InChI=1S/C17H18ClNO2/c1-11(2)21-15-7-4-13(5-8-15)17(20)19-16-9-6-14(18)10-12(16)3/h4-11H,1-3H3,(H,19,20). The van der Waals surface area contributed by atoms with Gasteiger partial charge in [0.2, 0.25) is 0 Å². The summed E-state index contributed by atoms with van der Waals surface area (Å²) in [5.41, 5.74) is 2.27. The number of amides is 1. The first-order chi connectivity index (χ1) is 9.95. The molecule has 2 aromatic rings. The molecule has 0 heterocycles. The molecule has 1 amide bonds. The van der Waals surface area contributed by atoms with E-state index in [4.69, 9.17) is 16.3 Å². The van der Waals surface area contributed by atoms with Crippen LogP contribution in [0, 0.1) is 6.92 Å². The van der Waals surface area contributed by atoms with Crippen LogP contribution in [0.25, 0.3) is 0 Å². The Balaban J connectivity index is 2.09. The van der Waals surface area contributed by atoms with Gasteiger partial charge in [-0.3, -0.25) is 4.79 Å². The minimum absolute atomic E-state index is 0.112. The van der Waals surface area contributed by atoms with Gasteiger partial charge in [-0.1, -0.05) is 11.6 Å². The average Bonchev–Trinajstić information content (AvgIpc) is 2.42. The second kappa shape index (κ2) is 6.64. The largest absolute Gasteiger partial charge is 0.491 e. The van der Waals surface area contributed by atoms with E-state index < -0.39 is 0 Å². The number of rotatable bonds is 4. The maximum atomic E-state index is 12.2. The van der Waals surface area contributed by atoms with Gasteiger partial charge in [0.15, 0.2) is 0 Å². The second-order valence-electron chi connectivity index (χ2n) is 5.10. The number of nitrogens with one attached hydrogen (secondary N) is 1. The second-order valence-corrected chi connectivity index (χ2v) is 5.54. The van der Waals surface area contributed by atoms with Crippen molar-refractivity contribution in [1.29, 1.82) is 0 Å². The first-order valence-corrected chi connectivity index (χ1v) is 7.17. The van der Waals surface area contributed by atoms with Gasteiger partial charge < -0.3 is 10.1 Å². The van der Waals surface area contributed by atoms with Crippen molar-refractivity contribution in [3.8, 4) is 5.75 Å². The first kappa shape index (κ1) is 15.4. The highest BCUT2D eigenvalue weighted by Crippen LogP contribution is 2.21. The number of aryl methyl sites for hydroxylation is 1. The Morgan fingerprint density at radius 2 is 1.81 bits per heavy atom. The van der Waals surface area contributed by atoms with Gasteiger partial charge in [0.25, 0.3) is 5.91 Å². The zero-order valence-corrected chi connectivity index (χ0v) is 13.1. The summed E-state index contributed by atoms with van der Waals surface area (Å²) in [6.07, 6.45) is 0.112.